The highest BCUT2D eigenvalue weighted by molar-refractivity contribution is 5.75. The van der Waals surface area contributed by atoms with Crippen LogP contribution in [0, 0.1) is 17.0 Å². The molecule has 1 aromatic heterocycles. The zero-order valence-corrected chi connectivity index (χ0v) is 12.9. The minimum absolute atomic E-state index is 0.170. The lowest BCUT2D eigenvalue weighted by molar-refractivity contribution is -0.386. The molecular formula is C16H17N3O4. The maximum atomic E-state index is 12.3. The molecular weight excluding hydrogens is 298 g/mol. The summed E-state index contributed by atoms with van der Waals surface area (Å²) in [6.45, 7) is 1.64. The Morgan fingerprint density at radius 2 is 1.87 bits per heavy atom. The summed E-state index contributed by atoms with van der Waals surface area (Å²) in [6, 6.07) is 11.7. The summed E-state index contributed by atoms with van der Waals surface area (Å²) in [7, 11) is 1.63. The van der Waals surface area contributed by atoms with Gasteiger partial charge in [-0.25, -0.2) is 0 Å². The fourth-order valence-corrected chi connectivity index (χ4v) is 2.26. The molecule has 0 spiro atoms. The van der Waals surface area contributed by atoms with Gasteiger partial charge in [-0.2, -0.15) is 0 Å². The number of pyridine rings is 1. The van der Waals surface area contributed by atoms with Crippen molar-refractivity contribution in [3.63, 3.8) is 0 Å². The molecule has 0 unspecified atom stereocenters. The number of carbonyl (C=O) groups excluding carboxylic acids is 1. The van der Waals surface area contributed by atoms with Gasteiger partial charge in [0.15, 0.2) is 0 Å². The average Bonchev–Trinajstić information content (AvgIpc) is 2.51. The van der Waals surface area contributed by atoms with E-state index in [9.17, 15) is 19.7 Å². The van der Waals surface area contributed by atoms with Gasteiger partial charge in [-0.05, 0) is 12.5 Å². The molecule has 2 aromatic rings. The van der Waals surface area contributed by atoms with Crippen LogP contribution in [0.5, 0.6) is 0 Å². The van der Waals surface area contributed by atoms with E-state index in [0.717, 1.165) is 22.3 Å². The lowest BCUT2D eigenvalue weighted by Crippen LogP contribution is -2.34. The maximum absolute atomic E-state index is 12.3. The van der Waals surface area contributed by atoms with Gasteiger partial charge in [-0.15, -0.1) is 0 Å². The fraction of sp³-hybridized carbons (Fsp3) is 0.250. The van der Waals surface area contributed by atoms with E-state index in [1.54, 1.807) is 7.05 Å². The van der Waals surface area contributed by atoms with E-state index in [4.69, 9.17) is 0 Å². The van der Waals surface area contributed by atoms with Crippen molar-refractivity contribution < 1.29 is 9.72 Å². The lowest BCUT2D eigenvalue weighted by atomic mass is 10.2. The van der Waals surface area contributed by atoms with Gasteiger partial charge in [0.2, 0.25) is 5.91 Å². The first-order chi connectivity index (χ1) is 10.9. The maximum Gasteiger partial charge on any atom is 0.288 e. The topological polar surface area (TPSA) is 85.5 Å². The number of amides is 1. The van der Waals surface area contributed by atoms with Gasteiger partial charge in [0.25, 0.3) is 11.2 Å². The Hall–Kier alpha value is -2.96. The molecule has 0 bridgehead atoms. The molecule has 1 amide bonds. The smallest absolute Gasteiger partial charge is 0.288 e. The predicted octanol–water partition coefficient (Wildman–Crippen LogP) is 1.72. The molecule has 0 radical (unpaired) electrons. The number of hydrogen-bond acceptors (Lipinski definition) is 4. The van der Waals surface area contributed by atoms with Crippen LogP contribution in [-0.4, -0.2) is 27.3 Å². The highest BCUT2D eigenvalue weighted by Gasteiger charge is 2.18. The average molecular weight is 315 g/mol. The first kappa shape index (κ1) is 16.4. The van der Waals surface area contributed by atoms with Crippen molar-refractivity contribution in [1.82, 2.24) is 9.47 Å². The molecule has 23 heavy (non-hydrogen) atoms. The third-order valence-electron chi connectivity index (χ3n) is 3.60. The van der Waals surface area contributed by atoms with Crippen LogP contribution in [0.4, 0.5) is 5.69 Å². The van der Waals surface area contributed by atoms with E-state index >= 15 is 0 Å². The quantitative estimate of drug-likeness (QED) is 0.621. The highest BCUT2D eigenvalue weighted by atomic mass is 16.6. The van der Waals surface area contributed by atoms with Crippen LogP contribution in [0.2, 0.25) is 0 Å². The number of rotatable bonds is 5. The van der Waals surface area contributed by atoms with Crippen LogP contribution >= 0.6 is 0 Å². The van der Waals surface area contributed by atoms with Crippen LogP contribution < -0.4 is 5.56 Å². The summed E-state index contributed by atoms with van der Waals surface area (Å²) < 4.78 is 1.13. The minimum atomic E-state index is -0.566. The number of likely N-dealkylation sites (N-methyl/N-ethyl adjacent to an activating group) is 1. The van der Waals surface area contributed by atoms with Crippen molar-refractivity contribution in [3.8, 4) is 0 Å². The Morgan fingerprint density at radius 3 is 2.48 bits per heavy atom. The molecule has 0 saturated heterocycles. The van der Waals surface area contributed by atoms with E-state index in [1.807, 2.05) is 30.3 Å². The largest absolute Gasteiger partial charge is 0.340 e. The molecule has 0 aliphatic carbocycles. The first-order valence-electron chi connectivity index (χ1n) is 7.03. The molecule has 0 atom stereocenters. The highest BCUT2D eigenvalue weighted by Crippen LogP contribution is 2.14. The number of aromatic nitrogens is 1. The second-order valence-corrected chi connectivity index (χ2v) is 5.22. The molecule has 7 nitrogen and oxygen atoms in total. The van der Waals surface area contributed by atoms with Gasteiger partial charge < -0.3 is 4.90 Å². The zero-order chi connectivity index (χ0) is 17.0. The Bertz CT molecular complexity index is 784. The van der Waals surface area contributed by atoms with Crippen LogP contribution in [0.3, 0.4) is 0 Å². The molecule has 1 aromatic carbocycles. The van der Waals surface area contributed by atoms with Gasteiger partial charge in [0, 0.05) is 25.7 Å². The normalized spacial score (nSPS) is 10.3. The van der Waals surface area contributed by atoms with Gasteiger partial charge in [-0.3, -0.25) is 24.3 Å². The third-order valence-corrected chi connectivity index (χ3v) is 3.60. The number of hydrogen-bond donors (Lipinski definition) is 0. The van der Waals surface area contributed by atoms with E-state index < -0.39 is 10.5 Å². The Labute approximate surface area is 132 Å². The van der Waals surface area contributed by atoms with Crippen molar-refractivity contribution in [2.24, 2.45) is 0 Å². The Balaban J connectivity index is 2.18. The van der Waals surface area contributed by atoms with E-state index in [2.05, 4.69) is 0 Å². The predicted molar refractivity (Wildman–Crippen MR) is 85.0 cm³/mol. The first-order valence-corrected chi connectivity index (χ1v) is 7.03. The minimum Gasteiger partial charge on any atom is -0.340 e. The molecule has 0 aliphatic heterocycles. The molecule has 0 N–H and O–H groups in total. The van der Waals surface area contributed by atoms with Gasteiger partial charge in [-0.1, -0.05) is 30.3 Å². The van der Waals surface area contributed by atoms with Crippen LogP contribution in [0.25, 0.3) is 0 Å². The second-order valence-electron chi connectivity index (χ2n) is 5.22. The van der Waals surface area contributed by atoms with Crippen LogP contribution in [-0.2, 0) is 17.9 Å². The van der Waals surface area contributed by atoms with E-state index in [0.29, 0.717) is 6.54 Å². The van der Waals surface area contributed by atoms with Crippen molar-refractivity contribution >= 4 is 11.6 Å². The van der Waals surface area contributed by atoms with E-state index in [1.165, 1.54) is 11.8 Å². The Morgan fingerprint density at radius 1 is 1.22 bits per heavy atom. The summed E-state index contributed by atoms with van der Waals surface area (Å²) in [5.74, 6) is -0.292. The third kappa shape index (κ3) is 3.82. The zero-order valence-electron chi connectivity index (χ0n) is 12.9. The second kappa shape index (κ2) is 6.87. The number of nitro groups is 1. The number of nitrogens with zero attached hydrogens (tertiary/aromatic N) is 3. The van der Waals surface area contributed by atoms with Crippen LogP contribution in [0.15, 0.2) is 47.3 Å². The fourth-order valence-electron chi connectivity index (χ4n) is 2.26. The molecule has 0 fully saturated rings. The molecule has 0 saturated carbocycles. The lowest BCUT2D eigenvalue weighted by Gasteiger charge is -2.18. The molecule has 1 heterocycles. The summed E-state index contributed by atoms with van der Waals surface area (Å²) in [5.41, 5.74) is 0.521. The summed E-state index contributed by atoms with van der Waals surface area (Å²) in [6.07, 6.45) is 0. The monoisotopic (exact) mass is 315 g/mol. The molecule has 0 aliphatic rings. The van der Waals surface area contributed by atoms with Gasteiger partial charge in [0.05, 0.1) is 10.6 Å². The van der Waals surface area contributed by atoms with Crippen molar-refractivity contribution in [1.29, 1.82) is 0 Å². The van der Waals surface area contributed by atoms with Gasteiger partial charge >= 0.3 is 0 Å². The SMILES string of the molecule is Cc1c([N+](=O)[O-])ccc(=O)n1CC(=O)N(C)Cc1ccccc1. The number of benzene rings is 1. The Kier molecular flexibility index (Phi) is 4.90. The molecule has 120 valence electrons. The molecule has 7 heteroatoms. The van der Waals surface area contributed by atoms with E-state index in [-0.39, 0.29) is 23.8 Å². The standard InChI is InChI=1S/C16H17N3O4/c1-12-14(19(22)23)8-9-15(20)18(12)11-16(21)17(2)10-13-6-4-3-5-7-13/h3-9H,10-11H2,1-2H3. The molecule has 2 rings (SSSR count). The van der Waals surface area contributed by atoms with Crippen molar-refractivity contribution in [3.05, 3.63) is 74.2 Å². The van der Waals surface area contributed by atoms with Crippen LogP contribution in [0.1, 0.15) is 11.3 Å². The summed E-state index contributed by atoms with van der Waals surface area (Å²) in [4.78, 5) is 36.1. The number of carbonyl (C=O) groups is 1. The van der Waals surface area contributed by atoms with Crippen molar-refractivity contribution in [2.45, 2.75) is 20.0 Å². The van der Waals surface area contributed by atoms with Gasteiger partial charge in [0.1, 0.15) is 6.54 Å². The summed E-state index contributed by atoms with van der Waals surface area (Å²) >= 11 is 0. The summed E-state index contributed by atoms with van der Waals surface area (Å²) in [5, 5.41) is 10.9. The van der Waals surface area contributed by atoms with Crippen molar-refractivity contribution in [2.75, 3.05) is 7.05 Å².